The molecule has 0 atom stereocenters. The maximum atomic E-state index is 11.6. The van der Waals surface area contributed by atoms with Gasteiger partial charge < -0.3 is 44.4 Å². The van der Waals surface area contributed by atoms with Crippen LogP contribution in [-0.2, 0) is 80.2 Å². The van der Waals surface area contributed by atoms with E-state index in [0.717, 1.165) is 169 Å². The number of rotatable bonds is 7. The van der Waals surface area contributed by atoms with Gasteiger partial charge in [0.05, 0.1) is 50.3 Å². The number of carbonyl (C=O) groups excluding carboxylic acids is 3. The number of Topliss-reactive ketones (excluding diaryl/α,β-unsaturated/α-hetero) is 2. The Balaban J connectivity index is 0.000000109. The number of benzene rings is 6. The molecule has 3 aliphatic carbocycles. The third kappa shape index (κ3) is 12.9. The van der Waals surface area contributed by atoms with Crippen LogP contribution in [-0.4, -0.2) is 84.6 Å². The van der Waals surface area contributed by atoms with Crippen LogP contribution in [0.5, 0.6) is 34.5 Å². The van der Waals surface area contributed by atoms with Crippen LogP contribution in [0.15, 0.2) is 84.9 Å². The van der Waals surface area contributed by atoms with E-state index >= 15 is 0 Å². The number of aliphatic carboxylic acids is 2. The number of ether oxygens (including phenoxy) is 6. The summed E-state index contributed by atoms with van der Waals surface area (Å²) in [6, 6.07) is 25.4. The Hall–Kier alpha value is -8.99. The second-order valence-electron chi connectivity index (χ2n) is 20.7. The number of nitrogen functional groups attached to an aromatic ring is 1. The van der Waals surface area contributed by atoms with Gasteiger partial charge in [-0.1, -0.05) is 36.4 Å². The quantitative estimate of drug-likeness (QED) is 0.0442. The second-order valence-corrected chi connectivity index (χ2v) is 20.7. The van der Waals surface area contributed by atoms with Crippen molar-refractivity contribution in [2.75, 3.05) is 45.4 Å². The number of carbonyl (C=O) groups is 5. The first-order valence-corrected chi connectivity index (χ1v) is 27.5. The van der Waals surface area contributed by atoms with Gasteiger partial charge >= 0.3 is 17.6 Å². The fourth-order valence-corrected chi connectivity index (χ4v) is 11.4. The number of aldehydes is 1. The van der Waals surface area contributed by atoms with E-state index in [1.54, 1.807) is 12.1 Å². The van der Waals surface area contributed by atoms with Crippen molar-refractivity contribution >= 4 is 47.2 Å². The van der Waals surface area contributed by atoms with E-state index in [-0.39, 0.29) is 29.2 Å². The van der Waals surface area contributed by atoms with Crippen LogP contribution < -0.4 is 34.2 Å². The molecule has 0 amide bonds. The molecule has 0 aromatic heterocycles. The molecule has 6 heterocycles. The molecule has 0 spiro atoms. The predicted octanol–water partition coefficient (Wildman–Crippen LogP) is 9.89. The molecule has 6 aromatic carbocycles. The highest BCUT2D eigenvalue weighted by Crippen LogP contribution is 2.44. The number of carboxylic acid groups (broad SMARTS) is 2. The highest BCUT2D eigenvalue weighted by atomic mass is 16.6. The number of nitro benzene ring substituents is 1. The third-order valence-corrected chi connectivity index (χ3v) is 15.4. The minimum absolute atomic E-state index is 0.118. The number of carboxylic acids is 2. The van der Waals surface area contributed by atoms with Crippen molar-refractivity contribution in [2.45, 2.75) is 96.3 Å². The lowest BCUT2D eigenvalue weighted by molar-refractivity contribution is -0.386. The lowest BCUT2D eigenvalue weighted by Crippen LogP contribution is -2.02. The fourth-order valence-electron chi connectivity index (χ4n) is 11.4. The van der Waals surface area contributed by atoms with E-state index in [4.69, 9.17) is 44.4 Å². The zero-order valence-electron chi connectivity index (χ0n) is 44.8. The van der Waals surface area contributed by atoms with Crippen molar-refractivity contribution in [1.29, 1.82) is 0 Å². The van der Waals surface area contributed by atoms with Gasteiger partial charge in [-0.05, 0) is 148 Å². The minimum atomic E-state index is -0.929. The molecule has 0 bridgehead atoms. The molecule has 4 N–H and O–H groups in total. The maximum absolute atomic E-state index is 11.6. The lowest BCUT2D eigenvalue weighted by Gasteiger charge is -2.09. The molecule has 418 valence electrons. The van der Waals surface area contributed by atoms with E-state index < -0.39 is 16.9 Å². The lowest BCUT2D eigenvalue weighted by atomic mass is 10.0. The SMILES string of the molecule is Nc1c2c(cc3c1OCC3)CCC2.O=C(O)/C=C/c1ccc2c(c1)CCO2.O=C(O)CCc1ccc2c(c1)CCO2.O=C1CCc2cc3c(c([N+](=O)[O-])c21)OCC3.O=C1CCc2cc3c(cc21)OCC3.O=Cc1ccc2c(c1)CCO2. The zero-order valence-corrected chi connectivity index (χ0v) is 44.8. The first-order chi connectivity index (χ1) is 39.3. The van der Waals surface area contributed by atoms with E-state index in [9.17, 15) is 34.1 Å². The van der Waals surface area contributed by atoms with Gasteiger partial charge in [-0.15, -0.1) is 0 Å². The summed E-state index contributed by atoms with van der Waals surface area (Å²) in [5.74, 6) is 3.45. The topological polar surface area (TPSA) is 250 Å². The Bertz CT molecular complexity index is 3480. The number of nitrogens with two attached hydrogens (primary N) is 1. The Morgan fingerprint density at radius 1 is 0.543 bits per heavy atom. The van der Waals surface area contributed by atoms with Crippen molar-refractivity contribution < 1.29 is 67.5 Å². The van der Waals surface area contributed by atoms with Gasteiger partial charge in [0.1, 0.15) is 40.6 Å². The molecule has 6 aliphatic heterocycles. The van der Waals surface area contributed by atoms with Gasteiger partial charge in [0.15, 0.2) is 11.6 Å². The summed E-state index contributed by atoms with van der Waals surface area (Å²) < 4.78 is 32.2. The van der Waals surface area contributed by atoms with Crippen LogP contribution in [0.3, 0.4) is 0 Å². The zero-order chi connectivity index (χ0) is 56.6. The normalized spacial score (nSPS) is 15.8. The highest BCUT2D eigenvalue weighted by Gasteiger charge is 2.37. The number of nitrogens with zero attached hydrogens (tertiary/aromatic N) is 1. The van der Waals surface area contributed by atoms with Crippen molar-refractivity contribution in [2.24, 2.45) is 0 Å². The molecule has 17 nitrogen and oxygen atoms in total. The number of nitro groups is 1. The molecular weight excluding hydrogens is 1040 g/mol. The van der Waals surface area contributed by atoms with Crippen LogP contribution in [0, 0.1) is 10.1 Å². The molecule has 0 saturated heterocycles. The Morgan fingerprint density at radius 3 is 1.73 bits per heavy atom. The van der Waals surface area contributed by atoms with Crippen molar-refractivity contribution in [3.63, 3.8) is 0 Å². The first-order valence-electron chi connectivity index (χ1n) is 27.5. The molecule has 9 aliphatic rings. The summed E-state index contributed by atoms with van der Waals surface area (Å²) in [6.07, 6.45) is 16.0. The third-order valence-electron chi connectivity index (χ3n) is 15.4. The average Bonchev–Trinajstić information content (AvgIpc) is 4.52. The summed E-state index contributed by atoms with van der Waals surface area (Å²) in [5.41, 5.74) is 22.5. The highest BCUT2D eigenvalue weighted by molar-refractivity contribution is 6.05. The van der Waals surface area contributed by atoms with Crippen LogP contribution in [0.1, 0.15) is 124 Å². The summed E-state index contributed by atoms with van der Waals surface area (Å²) in [6.45, 7) is 4.26. The summed E-state index contributed by atoms with van der Waals surface area (Å²) >= 11 is 0. The van der Waals surface area contributed by atoms with Crippen LogP contribution >= 0.6 is 0 Å². The maximum Gasteiger partial charge on any atom is 0.328 e. The molecule has 6 aromatic rings. The van der Waals surface area contributed by atoms with Gasteiger partial charge in [0.25, 0.3) is 0 Å². The van der Waals surface area contributed by atoms with E-state index in [2.05, 4.69) is 12.1 Å². The monoisotopic (exact) mass is 1100 g/mol. The number of hydrogen-bond donors (Lipinski definition) is 3. The van der Waals surface area contributed by atoms with Crippen molar-refractivity contribution in [3.8, 4) is 34.5 Å². The van der Waals surface area contributed by atoms with E-state index in [0.29, 0.717) is 44.5 Å². The van der Waals surface area contributed by atoms with E-state index in [1.807, 2.05) is 60.7 Å². The summed E-state index contributed by atoms with van der Waals surface area (Å²) in [4.78, 5) is 64.6. The molecule has 0 unspecified atom stereocenters. The summed E-state index contributed by atoms with van der Waals surface area (Å²) in [7, 11) is 0. The number of aryl methyl sites for hydroxylation is 4. The van der Waals surface area contributed by atoms with Crippen LogP contribution in [0.2, 0.25) is 0 Å². The number of fused-ring (bicyclic) bond motifs is 9. The average molecular weight is 1100 g/mol. The minimum Gasteiger partial charge on any atom is -0.493 e. The molecular formula is C64H62N2O15. The standard InChI is InChI=1S/C11H9NO4.C11H13NO.C11H12O3.C11H10O3.C11H10O2.C9H8O2/c13-8-2-1-6-5-7-3-4-16-11(7)10(9(6)8)12(14)15;12-10-9-3-1-2-7(9)6-8-4-5-13-11(8)10;2*12-11(13)4-2-8-1-3-10-9(7-8)5-6-14-10;12-10-2-1-7-5-8-3-4-13-11(8)6-9(7)10;10-6-7-1-2-9-8(5-7)3-4-11-9/h5H,1-4H2;6H,1-5,12H2;1,3,7H,2,4-6H2,(H,12,13);1-4,7H,5-6H2,(H,12,13);5-6H,1-4H2;1-2,5-6H,3-4H2/b;;;4-2+;;. The van der Waals surface area contributed by atoms with Gasteiger partial charge in [0, 0.05) is 80.6 Å². The fraction of sp³-hybridized carbons (Fsp3) is 0.328. The van der Waals surface area contributed by atoms with Gasteiger partial charge in [-0.3, -0.25) is 29.3 Å². The Labute approximate surface area is 467 Å². The molecule has 0 fully saturated rings. The van der Waals surface area contributed by atoms with Gasteiger partial charge in [-0.25, -0.2) is 4.79 Å². The largest absolute Gasteiger partial charge is 0.493 e. The van der Waals surface area contributed by atoms with Crippen LogP contribution in [0.4, 0.5) is 11.4 Å². The number of hydrogen-bond acceptors (Lipinski definition) is 14. The predicted molar refractivity (Wildman–Crippen MR) is 300 cm³/mol. The first kappa shape index (κ1) is 55.3. The van der Waals surface area contributed by atoms with Crippen molar-refractivity contribution in [3.05, 3.63) is 179 Å². The molecule has 0 radical (unpaired) electrons. The second kappa shape index (κ2) is 25.0. The van der Waals surface area contributed by atoms with Gasteiger partial charge in [0.2, 0.25) is 5.75 Å². The molecule has 17 heteroatoms. The Morgan fingerprint density at radius 2 is 1.07 bits per heavy atom. The van der Waals surface area contributed by atoms with Crippen LogP contribution in [0.25, 0.3) is 6.08 Å². The van der Waals surface area contributed by atoms with Crippen molar-refractivity contribution in [1.82, 2.24) is 0 Å². The number of anilines is 1. The van der Waals surface area contributed by atoms with E-state index in [1.165, 1.54) is 46.2 Å². The smallest absolute Gasteiger partial charge is 0.328 e. The molecule has 0 saturated carbocycles. The molecule has 81 heavy (non-hydrogen) atoms. The molecule has 15 rings (SSSR count). The van der Waals surface area contributed by atoms with Gasteiger partial charge in [-0.2, -0.15) is 0 Å². The Kier molecular flexibility index (Phi) is 17.1. The summed E-state index contributed by atoms with van der Waals surface area (Å²) in [5, 5.41) is 28.0. The number of ketones is 2.